The highest BCUT2D eigenvalue weighted by atomic mass is 35.5. The summed E-state index contributed by atoms with van der Waals surface area (Å²) in [5.74, 6) is -0.703. The predicted octanol–water partition coefficient (Wildman–Crippen LogP) is 7.47. The van der Waals surface area contributed by atoms with Gasteiger partial charge in [-0.05, 0) is 66.7 Å². The molecule has 0 aliphatic carbocycles. The maximum absolute atomic E-state index is 13.7. The van der Waals surface area contributed by atoms with Crippen LogP contribution in [-0.2, 0) is 11.0 Å². The fraction of sp³-hybridized carbons (Fsp3) is 0.207. The average Bonchev–Trinajstić information content (AvgIpc) is 3.64. The minimum Gasteiger partial charge on any atom is -0.406 e. The summed E-state index contributed by atoms with van der Waals surface area (Å²) in [5, 5.41) is 4.28. The maximum atomic E-state index is 13.7. The van der Waals surface area contributed by atoms with Gasteiger partial charge in [-0.3, -0.25) is 15.1 Å². The molecule has 3 aromatic carbocycles. The lowest BCUT2D eigenvalue weighted by Gasteiger charge is -2.22. The number of alkyl halides is 6. The van der Waals surface area contributed by atoms with E-state index in [2.05, 4.69) is 30.7 Å². The zero-order chi connectivity index (χ0) is 33.9. The molecule has 9 nitrogen and oxygen atoms in total. The number of benzene rings is 3. The number of hydrogen-bond donors (Lipinski definition) is 2. The summed E-state index contributed by atoms with van der Waals surface area (Å²) >= 11 is 12.2. The van der Waals surface area contributed by atoms with Crippen LogP contribution < -0.4 is 20.5 Å². The summed E-state index contributed by atoms with van der Waals surface area (Å²) in [6.07, 6.45) is -7.49. The van der Waals surface area contributed by atoms with E-state index in [9.17, 15) is 31.1 Å². The van der Waals surface area contributed by atoms with E-state index in [4.69, 9.17) is 23.8 Å². The fourth-order valence-corrected chi connectivity index (χ4v) is 5.72. The fourth-order valence-electron chi connectivity index (χ4n) is 4.48. The quantitative estimate of drug-likeness (QED) is 0.110. The molecular formula is C29H22ClF6N7O2S2. The molecule has 1 unspecified atom stereocenters. The number of halogens is 7. The van der Waals surface area contributed by atoms with E-state index in [1.807, 2.05) is 19.1 Å². The number of thiocarbonyl (C=S) groups is 1. The standard InChI is InChI=1S/C29H22ClF6N7O2S2/c1-2-22(39-40-26(46)38-27-43(24(44)14-47-27)23-13-18(30)7-12-21(23)28(31,32)33)16-3-5-17(6-4-16)25-37-15-42(41-25)19-8-10-20(11-9-19)45-29(34,35)36/h3-13,15,22,39H,2,14H2,1H3,(H,40,46)/b38-27-. The number of carbonyl (C=O) groups excluding carboxylic acids is 1. The zero-order valence-corrected chi connectivity index (χ0v) is 26.3. The Labute approximate surface area is 277 Å². The number of rotatable bonds is 8. The van der Waals surface area contributed by atoms with Gasteiger partial charge in [0.05, 0.1) is 28.7 Å². The molecule has 5 rings (SSSR count). The van der Waals surface area contributed by atoms with E-state index < -0.39 is 29.7 Å². The first-order valence-corrected chi connectivity index (χ1v) is 15.3. The number of amidine groups is 1. The third kappa shape index (κ3) is 8.40. The Hall–Kier alpha value is -4.19. The number of anilines is 1. The Morgan fingerprint density at radius 3 is 2.43 bits per heavy atom. The number of amides is 1. The van der Waals surface area contributed by atoms with Crippen LogP contribution in [0.2, 0.25) is 5.02 Å². The third-order valence-corrected chi connectivity index (χ3v) is 7.98. The summed E-state index contributed by atoms with van der Waals surface area (Å²) in [5.41, 5.74) is 6.36. The number of hydrogen-bond acceptors (Lipinski definition) is 7. The zero-order valence-electron chi connectivity index (χ0n) is 23.9. The van der Waals surface area contributed by atoms with Crippen molar-refractivity contribution in [1.29, 1.82) is 0 Å². The lowest BCUT2D eigenvalue weighted by atomic mass is 10.0. The first kappa shape index (κ1) is 34.2. The second-order valence-corrected chi connectivity index (χ2v) is 11.5. The Morgan fingerprint density at radius 1 is 1.09 bits per heavy atom. The second-order valence-electron chi connectivity index (χ2n) is 9.78. The van der Waals surface area contributed by atoms with Gasteiger partial charge in [0.25, 0.3) is 0 Å². The predicted molar refractivity (Wildman–Crippen MR) is 169 cm³/mol. The van der Waals surface area contributed by atoms with Gasteiger partial charge in [0.1, 0.15) is 12.1 Å². The Morgan fingerprint density at radius 2 is 1.79 bits per heavy atom. The summed E-state index contributed by atoms with van der Waals surface area (Å²) in [4.78, 5) is 21.9. The van der Waals surface area contributed by atoms with Gasteiger partial charge >= 0.3 is 12.5 Å². The van der Waals surface area contributed by atoms with Gasteiger partial charge in [-0.15, -0.1) is 18.3 Å². The Balaban J connectivity index is 1.24. The van der Waals surface area contributed by atoms with E-state index in [0.717, 1.165) is 40.4 Å². The number of hydrazine groups is 1. The first-order valence-electron chi connectivity index (χ1n) is 13.6. The molecular weight excluding hydrogens is 692 g/mol. The Bertz CT molecular complexity index is 1800. The number of aromatic nitrogens is 3. The van der Waals surface area contributed by atoms with Crippen molar-refractivity contribution in [3.05, 3.63) is 89.2 Å². The molecule has 1 fully saturated rings. The van der Waals surface area contributed by atoms with Crippen molar-refractivity contribution in [2.75, 3.05) is 10.7 Å². The van der Waals surface area contributed by atoms with E-state index >= 15 is 0 Å². The lowest BCUT2D eigenvalue weighted by Crippen LogP contribution is -2.39. The van der Waals surface area contributed by atoms with Crippen LogP contribution in [0.25, 0.3) is 17.1 Å². The number of nitrogens with one attached hydrogen (secondary N) is 2. The smallest absolute Gasteiger partial charge is 0.406 e. The molecule has 0 radical (unpaired) electrons. The highest BCUT2D eigenvalue weighted by Gasteiger charge is 2.40. The van der Waals surface area contributed by atoms with Crippen molar-refractivity contribution >= 4 is 57.5 Å². The van der Waals surface area contributed by atoms with Crippen molar-refractivity contribution in [2.24, 2.45) is 4.99 Å². The maximum Gasteiger partial charge on any atom is 0.573 e. The molecule has 4 aromatic rings. The van der Waals surface area contributed by atoms with Crippen LogP contribution in [0.1, 0.15) is 30.5 Å². The molecule has 0 spiro atoms. The summed E-state index contributed by atoms with van der Waals surface area (Å²) in [6.45, 7) is 1.92. The molecule has 1 amide bonds. The van der Waals surface area contributed by atoms with Crippen LogP contribution in [0.4, 0.5) is 32.0 Å². The van der Waals surface area contributed by atoms with Gasteiger partial charge in [0.15, 0.2) is 11.0 Å². The molecule has 18 heteroatoms. The molecule has 1 aromatic heterocycles. The molecule has 1 aliphatic heterocycles. The van der Waals surface area contributed by atoms with Crippen LogP contribution in [-0.4, -0.2) is 43.1 Å². The average molecular weight is 714 g/mol. The van der Waals surface area contributed by atoms with E-state index in [1.54, 1.807) is 12.1 Å². The molecule has 246 valence electrons. The molecule has 0 bridgehead atoms. The highest BCUT2D eigenvalue weighted by Crippen LogP contribution is 2.40. The topological polar surface area (TPSA) is 96.7 Å². The normalized spacial score (nSPS) is 15.3. The van der Waals surface area contributed by atoms with Crippen molar-refractivity contribution in [2.45, 2.75) is 31.9 Å². The van der Waals surface area contributed by atoms with E-state index in [-0.39, 0.29) is 32.8 Å². The molecule has 1 atom stereocenters. The van der Waals surface area contributed by atoms with E-state index in [1.165, 1.54) is 35.3 Å². The van der Waals surface area contributed by atoms with Gasteiger partial charge < -0.3 is 4.74 Å². The van der Waals surface area contributed by atoms with Crippen LogP contribution in [0.3, 0.4) is 0 Å². The molecule has 1 saturated heterocycles. The number of aliphatic imine (C=N–C) groups is 1. The monoisotopic (exact) mass is 713 g/mol. The van der Waals surface area contributed by atoms with Gasteiger partial charge in [0.2, 0.25) is 11.0 Å². The molecule has 0 saturated carbocycles. The first-order chi connectivity index (χ1) is 22.2. The molecule has 1 aliphatic rings. The van der Waals surface area contributed by atoms with Gasteiger partial charge in [-0.2, -0.15) is 18.2 Å². The largest absolute Gasteiger partial charge is 0.573 e. The van der Waals surface area contributed by atoms with Crippen LogP contribution >= 0.6 is 35.6 Å². The number of carbonyl (C=O) groups is 1. The molecule has 2 N–H and O–H groups in total. The Kier molecular flexibility index (Phi) is 10.1. The summed E-state index contributed by atoms with van der Waals surface area (Å²) < 4.78 is 83.7. The van der Waals surface area contributed by atoms with E-state index in [0.29, 0.717) is 23.5 Å². The van der Waals surface area contributed by atoms with Crippen molar-refractivity contribution in [3.8, 4) is 22.8 Å². The molecule has 2 heterocycles. The van der Waals surface area contributed by atoms with Crippen LogP contribution in [0, 0.1) is 0 Å². The number of nitrogens with zero attached hydrogens (tertiary/aromatic N) is 5. The van der Waals surface area contributed by atoms with Gasteiger partial charge in [-0.1, -0.05) is 54.6 Å². The van der Waals surface area contributed by atoms with Gasteiger partial charge in [0, 0.05) is 10.6 Å². The van der Waals surface area contributed by atoms with Crippen LogP contribution in [0.5, 0.6) is 5.75 Å². The number of thioether (sulfide) groups is 1. The lowest BCUT2D eigenvalue weighted by molar-refractivity contribution is -0.274. The minimum absolute atomic E-state index is 0.0218. The third-order valence-electron chi connectivity index (χ3n) is 6.63. The highest BCUT2D eigenvalue weighted by molar-refractivity contribution is 8.15. The van der Waals surface area contributed by atoms with Crippen LogP contribution in [0.15, 0.2) is 78.0 Å². The summed E-state index contributed by atoms with van der Waals surface area (Å²) in [7, 11) is 0. The van der Waals surface area contributed by atoms with Crippen molar-refractivity contribution in [1.82, 2.24) is 25.6 Å². The second kappa shape index (κ2) is 13.9. The van der Waals surface area contributed by atoms with Crippen molar-refractivity contribution < 1.29 is 35.9 Å². The van der Waals surface area contributed by atoms with Crippen molar-refractivity contribution in [3.63, 3.8) is 0 Å². The molecule has 47 heavy (non-hydrogen) atoms. The SMILES string of the molecule is CCC(NNC(=S)/N=C1\SCC(=O)N1c1cc(Cl)ccc1C(F)(F)F)c1ccc(-c2ncn(-c3ccc(OC(F)(F)F)cc3)n2)cc1. The van der Waals surface area contributed by atoms with Gasteiger partial charge in [-0.25, -0.2) is 15.1 Å². The minimum atomic E-state index is -4.79. The number of ether oxygens (including phenoxy) is 1. The summed E-state index contributed by atoms with van der Waals surface area (Å²) in [6, 6.07) is 15.1.